The summed E-state index contributed by atoms with van der Waals surface area (Å²) in [5.74, 6) is 0.132. The number of nitrogens with zero attached hydrogens (tertiary/aromatic N) is 3. The fraction of sp³-hybridized carbons (Fsp3) is 0.105. The van der Waals surface area contributed by atoms with Crippen LogP contribution in [0, 0.1) is 6.92 Å². The molecule has 4 rings (SSSR count). The lowest BCUT2D eigenvalue weighted by Crippen LogP contribution is -2.10. The van der Waals surface area contributed by atoms with Gasteiger partial charge < -0.3 is 10.5 Å². The lowest BCUT2D eigenvalue weighted by molar-refractivity contribution is 0.100. The Balaban J connectivity index is 1.98. The van der Waals surface area contributed by atoms with E-state index in [9.17, 15) is 4.79 Å². The van der Waals surface area contributed by atoms with E-state index >= 15 is 0 Å². The summed E-state index contributed by atoms with van der Waals surface area (Å²) in [4.78, 5) is 17.2. The van der Waals surface area contributed by atoms with E-state index in [2.05, 4.69) is 5.10 Å². The van der Waals surface area contributed by atoms with Gasteiger partial charge in [0.2, 0.25) is 0 Å². The van der Waals surface area contributed by atoms with E-state index in [4.69, 9.17) is 15.5 Å². The normalized spacial score (nSPS) is 11.0. The first-order valence-corrected chi connectivity index (χ1v) is 8.80. The molecule has 0 fully saturated rings. The van der Waals surface area contributed by atoms with Gasteiger partial charge in [-0.25, -0.2) is 9.50 Å². The molecular weight excluding hydrogens is 348 g/mol. The molecule has 0 aliphatic rings. The van der Waals surface area contributed by atoms with Crippen molar-refractivity contribution < 1.29 is 9.53 Å². The maximum Gasteiger partial charge on any atom is 0.261 e. The number of aryl methyl sites for hydroxylation is 1. The molecule has 0 radical (unpaired) electrons. The van der Waals surface area contributed by atoms with Crippen molar-refractivity contribution in [3.63, 3.8) is 0 Å². The summed E-state index contributed by atoms with van der Waals surface area (Å²) < 4.78 is 7.23. The van der Waals surface area contributed by atoms with Crippen LogP contribution >= 0.6 is 11.3 Å². The standard InChI is InChI=1S/C19H16N4O2S/c1-11-15(13-8-5-6-10-23(13)22-11)19-21-16(17(26-19)18(20)24)12-7-3-4-9-14(12)25-2/h3-10H,1-2H3,(H2,20,24). The van der Waals surface area contributed by atoms with Gasteiger partial charge in [0.25, 0.3) is 5.91 Å². The average molecular weight is 364 g/mol. The van der Waals surface area contributed by atoms with Crippen molar-refractivity contribution in [2.75, 3.05) is 7.11 Å². The zero-order chi connectivity index (χ0) is 18.3. The van der Waals surface area contributed by atoms with E-state index in [0.29, 0.717) is 21.3 Å². The Bertz CT molecular complexity index is 1130. The highest BCUT2D eigenvalue weighted by Crippen LogP contribution is 2.39. The van der Waals surface area contributed by atoms with E-state index in [1.165, 1.54) is 11.3 Å². The molecule has 130 valence electrons. The minimum atomic E-state index is -0.510. The van der Waals surface area contributed by atoms with Crippen molar-refractivity contribution in [1.29, 1.82) is 0 Å². The number of carbonyl (C=O) groups excluding carboxylic acids is 1. The number of ether oxygens (including phenoxy) is 1. The van der Waals surface area contributed by atoms with Crippen molar-refractivity contribution in [2.24, 2.45) is 5.73 Å². The maximum atomic E-state index is 12.1. The van der Waals surface area contributed by atoms with Crippen molar-refractivity contribution >= 4 is 22.8 Å². The Hall–Kier alpha value is -3.19. The van der Waals surface area contributed by atoms with Crippen molar-refractivity contribution in [2.45, 2.75) is 6.92 Å². The molecule has 1 aromatic carbocycles. The quantitative estimate of drug-likeness (QED) is 0.600. The zero-order valence-electron chi connectivity index (χ0n) is 14.3. The SMILES string of the molecule is COc1ccccc1-c1nc(-c2c(C)nn3ccccc23)sc1C(N)=O. The van der Waals surface area contributed by atoms with Crippen molar-refractivity contribution in [3.05, 3.63) is 59.2 Å². The Kier molecular flexibility index (Phi) is 3.93. The Morgan fingerprint density at radius 1 is 1.19 bits per heavy atom. The van der Waals surface area contributed by atoms with Crippen LogP contribution in [0.4, 0.5) is 0 Å². The Labute approximate surface area is 153 Å². The van der Waals surface area contributed by atoms with Crippen molar-refractivity contribution in [3.8, 4) is 27.6 Å². The van der Waals surface area contributed by atoms with E-state index in [-0.39, 0.29) is 0 Å². The Morgan fingerprint density at radius 2 is 1.96 bits per heavy atom. The van der Waals surface area contributed by atoms with Gasteiger partial charge in [-0.3, -0.25) is 4.79 Å². The molecule has 7 heteroatoms. The molecule has 3 heterocycles. The number of rotatable bonds is 4. The number of methoxy groups -OCH3 is 1. The summed E-state index contributed by atoms with van der Waals surface area (Å²) in [7, 11) is 1.59. The molecule has 0 saturated heterocycles. The van der Waals surface area contributed by atoms with Crippen LogP contribution in [0.5, 0.6) is 5.75 Å². The summed E-state index contributed by atoms with van der Waals surface area (Å²) in [6, 6.07) is 13.3. The van der Waals surface area contributed by atoms with Crippen LogP contribution in [0.2, 0.25) is 0 Å². The minimum Gasteiger partial charge on any atom is -0.496 e. The fourth-order valence-corrected chi connectivity index (χ4v) is 4.04. The number of hydrogen-bond donors (Lipinski definition) is 1. The summed E-state index contributed by atoms with van der Waals surface area (Å²) in [6.45, 7) is 1.93. The van der Waals surface area contributed by atoms with E-state index in [1.54, 1.807) is 11.6 Å². The highest BCUT2D eigenvalue weighted by Gasteiger charge is 2.23. The Morgan fingerprint density at radius 3 is 2.73 bits per heavy atom. The van der Waals surface area contributed by atoms with E-state index in [1.807, 2.05) is 55.6 Å². The molecule has 4 aromatic rings. The summed E-state index contributed by atoms with van der Waals surface area (Å²) >= 11 is 1.27. The van der Waals surface area contributed by atoms with Gasteiger partial charge in [-0.05, 0) is 31.2 Å². The van der Waals surface area contributed by atoms with E-state index < -0.39 is 5.91 Å². The van der Waals surface area contributed by atoms with Crippen LogP contribution in [0.1, 0.15) is 15.4 Å². The monoisotopic (exact) mass is 364 g/mol. The second-order valence-electron chi connectivity index (χ2n) is 5.75. The lowest BCUT2D eigenvalue weighted by atomic mass is 10.1. The van der Waals surface area contributed by atoms with Crippen LogP contribution in [0.3, 0.4) is 0 Å². The third kappa shape index (κ3) is 2.53. The predicted octanol–water partition coefficient (Wildman–Crippen LogP) is 3.54. The molecule has 0 atom stereocenters. The zero-order valence-corrected chi connectivity index (χ0v) is 15.1. The second-order valence-corrected chi connectivity index (χ2v) is 6.75. The molecule has 0 spiro atoms. The number of pyridine rings is 1. The molecule has 0 bridgehead atoms. The number of para-hydroxylation sites is 1. The summed E-state index contributed by atoms with van der Waals surface area (Å²) in [5.41, 5.74) is 9.57. The molecule has 2 N–H and O–H groups in total. The fourth-order valence-electron chi connectivity index (χ4n) is 3.00. The smallest absolute Gasteiger partial charge is 0.261 e. The van der Waals surface area contributed by atoms with Crippen molar-refractivity contribution in [1.82, 2.24) is 14.6 Å². The summed E-state index contributed by atoms with van der Waals surface area (Å²) in [6.07, 6.45) is 1.88. The first kappa shape index (κ1) is 16.3. The van der Waals surface area contributed by atoms with Crippen LogP contribution in [-0.4, -0.2) is 27.6 Å². The topological polar surface area (TPSA) is 82.5 Å². The first-order chi connectivity index (χ1) is 12.6. The van der Waals surface area contributed by atoms with Gasteiger partial charge >= 0.3 is 0 Å². The predicted molar refractivity (Wildman–Crippen MR) is 102 cm³/mol. The number of carbonyl (C=O) groups is 1. The minimum absolute atomic E-state index is 0.402. The van der Waals surface area contributed by atoms with Gasteiger partial charge in [-0.15, -0.1) is 11.3 Å². The van der Waals surface area contributed by atoms with Gasteiger partial charge in [0, 0.05) is 11.8 Å². The van der Waals surface area contributed by atoms with Gasteiger partial charge in [-0.1, -0.05) is 18.2 Å². The van der Waals surface area contributed by atoms with Crippen LogP contribution < -0.4 is 10.5 Å². The molecule has 26 heavy (non-hydrogen) atoms. The largest absolute Gasteiger partial charge is 0.496 e. The molecule has 1 amide bonds. The average Bonchev–Trinajstić information content (AvgIpc) is 3.21. The lowest BCUT2D eigenvalue weighted by Gasteiger charge is -2.06. The number of fused-ring (bicyclic) bond motifs is 1. The highest BCUT2D eigenvalue weighted by atomic mass is 32.1. The molecule has 0 unspecified atom stereocenters. The van der Waals surface area contributed by atoms with Gasteiger partial charge in [0.05, 0.1) is 29.6 Å². The third-order valence-electron chi connectivity index (χ3n) is 4.14. The van der Waals surface area contributed by atoms with E-state index in [0.717, 1.165) is 22.3 Å². The van der Waals surface area contributed by atoms with Crippen LogP contribution in [0.15, 0.2) is 48.7 Å². The van der Waals surface area contributed by atoms with Crippen LogP contribution in [-0.2, 0) is 0 Å². The highest BCUT2D eigenvalue weighted by molar-refractivity contribution is 7.17. The summed E-state index contributed by atoms with van der Waals surface area (Å²) in [5, 5.41) is 5.23. The molecule has 0 aliphatic carbocycles. The molecule has 0 aliphatic heterocycles. The first-order valence-electron chi connectivity index (χ1n) is 7.98. The number of nitrogens with two attached hydrogens (primary N) is 1. The number of thiazole rings is 1. The number of amides is 1. The van der Waals surface area contributed by atoms with Gasteiger partial charge in [0.1, 0.15) is 15.6 Å². The third-order valence-corrected chi connectivity index (χ3v) is 5.23. The molecule has 0 saturated carbocycles. The molecule has 6 nitrogen and oxygen atoms in total. The molecule has 3 aromatic heterocycles. The van der Waals surface area contributed by atoms with Gasteiger partial charge in [0.15, 0.2) is 0 Å². The number of hydrogen-bond acceptors (Lipinski definition) is 5. The second kappa shape index (κ2) is 6.27. The molecular formula is C19H16N4O2S. The number of aromatic nitrogens is 3. The maximum absolute atomic E-state index is 12.1. The van der Waals surface area contributed by atoms with Crippen LogP contribution in [0.25, 0.3) is 27.3 Å². The number of benzene rings is 1. The van der Waals surface area contributed by atoms with Gasteiger partial charge in [-0.2, -0.15) is 5.10 Å². The number of primary amides is 1.